The molecule has 150 valence electrons. The molecule has 28 heavy (non-hydrogen) atoms. The van der Waals surface area contributed by atoms with Crippen molar-refractivity contribution in [3.8, 4) is 0 Å². The van der Waals surface area contributed by atoms with Crippen molar-refractivity contribution in [1.82, 2.24) is 14.9 Å². The fourth-order valence-electron chi connectivity index (χ4n) is 4.04. The molecule has 2 fully saturated rings. The van der Waals surface area contributed by atoms with Crippen molar-refractivity contribution >= 4 is 23.4 Å². The van der Waals surface area contributed by atoms with E-state index in [1.807, 2.05) is 24.3 Å². The van der Waals surface area contributed by atoms with Gasteiger partial charge in [0.15, 0.2) is 0 Å². The van der Waals surface area contributed by atoms with Crippen molar-refractivity contribution in [3.63, 3.8) is 0 Å². The van der Waals surface area contributed by atoms with Crippen molar-refractivity contribution < 1.29 is 5.11 Å². The molecule has 3 heterocycles. The third-order valence-electron chi connectivity index (χ3n) is 5.63. The van der Waals surface area contributed by atoms with Crippen LogP contribution < -0.4 is 10.2 Å². The first-order chi connectivity index (χ1) is 13.7. The van der Waals surface area contributed by atoms with E-state index in [0.717, 1.165) is 62.7 Å². The van der Waals surface area contributed by atoms with Gasteiger partial charge in [-0.05, 0) is 43.4 Å². The molecule has 1 aromatic carbocycles. The molecule has 2 saturated heterocycles. The second kappa shape index (κ2) is 9.07. The molecule has 0 amide bonds. The number of aromatic nitrogens is 2. The summed E-state index contributed by atoms with van der Waals surface area (Å²) in [5.74, 6) is 1.58. The topological polar surface area (TPSA) is 64.5 Å². The van der Waals surface area contributed by atoms with Crippen LogP contribution in [0.25, 0.3) is 0 Å². The molecule has 2 N–H and O–H groups in total. The van der Waals surface area contributed by atoms with Crippen molar-refractivity contribution in [2.75, 3.05) is 36.4 Å². The highest BCUT2D eigenvalue weighted by molar-refractivity contribution is 6.31. The predicted molar refractivity (Wildman–Crippen MR) is 113 cm³/mol. The van der Waals surface area contributed by atoms with Gasteiger partial charge in [-0.15, -0.1) is 0 Å². The van der Waals surface area contributed by atoms with Crippen LogP contribution in [0.3, 0.4) is 0 Å². The molecule has 1 atom stereocenters. The summed E-state index contributed by atoms with van der Waals surface area (Å²) in [6, 6.07) is 10.4. The maximum Gasteiger partial charge on any atom is 0.224 e. The van der Waals surface area contributed by atoms with Crippen LogP contribution in [-0.4, -0.2) is 58.3 Å². The summed E-state index contributed by atoms with van der Waals surface area (Å²) < 4.78 is 0. The van der Waals surface area contributed by atoms with Crippen molar-refractivity contribution in [2.45, 2.75) is 44.4 Å². The van der Waals surface area contributed by atoms with Crippen LogP contribution in [0.2, 0.25) is 5.02 Å². The number of rotatable bonds is 5. The zero-order valence-corrected chi connectivity index (χ0v) is 16.9. The number of benzene rings is 1. The van der Waals surface area contributed by atoms with E-state index in [1.54, 1.807) is 6.20 Å². The number of aliphatic hydroxyl groups is 1. The predicted octanol–water partition coefficient (Wildman–Crippen LogP) is 3.17. The number of hydrogen-bond acceptors (Lipinski definition) is 6. The molecule has 2 aliphatic rings. The fraction of sp³-hybridized carbons (Fsp3) is 0.524. The molecule has 6 nitrogen and oxygen atoms in total. The van der Waals surface area contributed by atoms with Gasteiger partial charge in [-0.2, -0.15) is 4.98 Å². The normalized spacial score (nSPS) is 21.6. The Morgan fingerprint density at radius 3 is 2.71 bits per heavy atom. The van der Waals surface area contributed by atoms with E-state index in [-0.39, 0.29) is 6.10 Å². The number of nitrogens with one attached hydrogen (secondary N) is 1. The van der Waals surface area contributed by atoms with Gasteiger partial charge in [0.1, 0.15) is 5.82 Å². The van der Waals surface area contributed by atoms with Gasteiger partial charge in [-0.1, -0.05) is 29.8 Å². The number of piperidine rings is 2. The molecule has 0 bridgehead atoms. The lowest BCUT2D eigenvalue weighted by molar-refractivity contribution is 0.154. The Labute approximate surface area is 171 Å². The van der Waals surface area contributed by atoms with E-state index >= 15 is 0 Å². The second-order valence-electron chi connectivity index (χ2n) is 7.77. The quantitative estimate of drug-likeness (QED) is 0.802. The number of likely N-dealkylation sites (tertiary alicyclic amines) is 1. The van der Waals surface area contributed by atoms with Gasteiger partial charge >= 0.3 is 0 Å². The molecule has 7 heteroatoms. The van der Waals surface area contributed by atoms with Crippen LogP contribution in [0.1, 0.15) is 31.2 Å². The molecule has 0 saturated carbocycles. The van der Waals surface area contributed by atoms with E-state index < -0.39 is 0 Å². The van der Waals surface area contributed by atoms with Gasteiger partial charge < -0.3 is 15.3 Å². The molecular weight excluding hydrogens is 374 g/mol. The largest absolute Gasteiger partial charge is 0.391 e. The summed E-state index contributed by atoms with van der Waals surface area (Å²) in [7, 11) is 0. The molecule has 2 aromatic rings. The summed E-state index contributed by atoms with van der Waals surface area (Å²) in [4.78, 5) is 13.7. The SMILES string of the molecule is OC1CCCN(c2ccnc(NC3CCN(Cc4ccccc4Cl)CC3)n2)C1. The Morgan fingerprint density at radius 2 is 1.93 bits per heavy atom. The molecule has 0 radical (unpaired) electrons. The lowest BCUT2D eigenvalue weighted by Gasteiger charge is -2.33. The molecule has 1 unspecified atom stereocenters. The third kappa shape index (κ3) is 4.93. The van der Waals surface area contributed by atoms with E-state index in [0.29, 0.717) is 18.5 Å². The molecule has 1 aromatic heterocycles. The molecule has 4 rings (SSSR count). The van der Waals surface area contributed by atoms with E-state index in [2.05, 4.69) is 31.2 Å². The number of β-amino-alcohol motifs (C(OH)–C–C–N with tert-alkyl or cyclic N) is 1. The maximum atomic E-state index is 9.91. The lowest BCUT2D eigenvalue weighted by Crippen LogP contribution is -2.40. The average molecular weight is 402 g/mol. The minimum atomic E-state index is -0.262. The van der Waals surface area contributed by atoms with Gasteiger partial charge in [0.2, 0.25) is 5.95 Å². The van der Waals surface area contributed by atoms with Crippen LogP contribution in [0.15, 0.2) is 36.5 Å². The number of nitrogens with zero attached hydrogens (tertiary/aromatic N) is 4. The summed E-state index contributed by atoms with van der Waals surface area (Å²) >= 11 is 6.29. The summed E-state index contributed by atoms with van der Waals surface area (Å²) in [5.41, 5.74) is 1.19. The maximum absolute atomic E-state index is 9.91. The number of anilines is 2. The van der Waals surface area contributed by atoms with Gasteiger partial charge in [0, 0.05) is 50.0 Å². The zero-order chi connectivity index (χ0) is 19.3. The molecule has 2 aliphatic heterocycles. The number of halogens is 1. The van der Waals surface area contributed by atoms with Crippen LogP contribution in [-0.2, 0) is 6.54 Å². The van der Waals surface area contributed by atoms with Gasteiger partial charge in [0.25, 0.3) is 0 Å². The zero-order valence-electron chi connectivity index (χ0n) is 16.1. The highest BCUT2D eigenvalue weighted by Crippen LogP contribution is 2.22. The van der Waals surface area contributed by atoms with Crippen molar-refractivity contribution in [1.29, 1.82) is 0 Å². The smallest absolute Gasteiger partial charge is 0.224 e. The minimum Gasteiger partial charge on any atom is -0.391 e. The van der Waals surface area contributed by atoms with Crippen LogP contribution >= 0.6 is 11.6 Å². The number of hydrogen-bond donors (Lipinski definition) is 2. The Hall–Kier alpha value is -1.89. The monoisotopic (exact) mass is 401 g/mol. The first-order valence-electron chi connectivity index (χ1n) is 10.2. The highest BCUT2D eigenvalue weighted by Gasteiger charge is 2.22. The highest BCUT2D eigenvalue weighted by atomic mass is 35.5. The Morgan fingerprint density at radius 1 is 1.11 bits per heavy atom. The summed E-state index contributed by atoms with van der Waals surface area (Å²) in [6.07, 6.45) is 5.53. The van der Waals surface area contributed by atoms with Crippen LogP contribution in [0, 0.1) is 0 Å². The molecular formula is C21H28ClN5O. The molecule has 0 spiro atoms. The van der Waals surface area contributed by atoms with Crippen LogP contribution in [0.5, 0.6) is 0 Å². The second-order valence-corrected chi connectivity index (χ2v) is 8.17. The van der Waals surface area contributed by atoms with Gasteiger partial charge in [-0.3, -0.25) is 4.90 Å². The Kier molecular flexibility index (Phi) is 6.29. The average Bonchev–Trinajstić information content (AvgIpc) is 2.71. The number of aliphatic hydroxyl groups excluding tert-OH is 1. The standard InChI is InChI=1S/C21H28ClN5O/c22-19-6-2-1-4-16(19)14-26-12-8-17(9-13-26)24-21-23-10-7-20(25-21)27-11-3-5-18(28)15-27/h1-2,4,6-7,10,17-18,28H,3,5,8-9,11-15H2,(H,23,24,25). The van der Waals surface area contributed by atoms with E-state index in [1.165, 1.54) is 5.56 Å². The third-order valence-corrected chi connectivity index (χ3v) is 6.00. The first kappa shape index (κ1) is 19.4. The Balaban J connectivity index is 1.30. The lowest BCUT2D eigenvalue weighted by atomic mass is 10.0. The van der Waals surface area contributed by atoms with E-state index in [9.17, 15) is 5.11 Å². The minimum absolute atomic E-state index is 0.262. The summed E-state index contributed by atoms with van der Waals surface area (Å²) in [5, 5.41) is 14.3. The van der Waals surface area contributed by atoms with E-state index in [4.69, 9.17) is 11.6 Å². The Bertz CT molecular complexity index is 781. The van der Waals surface area contributed by atoms with Crippen molar-refractivity contribution in [2.24, 2.45) is 0 Å². The first-order valence-corrected chi connectivity index (χ1v) is 10.5. The molecule has 0 aliphatic carbocycles. The fourth-order valence-corrected chi connectivity index (χ4v) is 4.24. The van der Waals surface area contributed by atoms with Gasteiger partial charge in [0.05, 0.1) is 6.10 Å². The van der Waals surface area contributed by atoms with Gasteiger partial charge in [-0.25, -0.2) is 4.98 Å². The van der Waals surface area contributed by atoms with Crippen molar-refractivity contribution in [3.05, 3.63) is 47.1 Å². The van der Waals surface area contributed by atoms with Crippen LogP contribution in [0.4, 0.5) is 11.8 Å². The summed E-state index contributed by atoms with van der Waals surface area (Å²) in [6.45, 7) is 4.54.